The van der Waals surface area contributed by atoms with E-state index in [1.54, 1.807) is 37.5 Å². The summed E-state index contributed by atoms with van der Waals surface area (Å²) in [6.07, 6.45) is 2.71. The summed E-state index contributed by atoms with van der Waals surface area (Å²) >= 11 is 0. The Morgan fingerprint density at radius 2 is 1.75 bits per heavy atom. The second kappa shape index (κ2) is 5.70. The van der Waals surface area contributed by atoms with Crippen molar-refractivity contribution in [3.05, 3.63) is 35.9 Å². The second-order valence-electron chi connectivity index (χ2n) is 2.96. The van der Waals surface area contributed by atoms with Crippen molar-refractivity contribution in [2.75, 3.05) is 14.2 Å². The predicted molar refractivity (Wildman–Crippen MR) is 59.1 cm³/mol. The van der Waals surface area contributed by atoms with Crippen LogP contribution in [-0.2, 0) is 14.3 Å². The molecule has 0 N–H and O–H groups in total. The molecule has 0 saturated heterocycles. The van der Waals surface area contributed by atoms with E-state index in [2.05, 4.69) is 4.74 Å². The fraction of sp³-hybridized carbons (Fsp3) is 0.167. The lowest BCUT2D eigenvalue weighted by molar-refractivity contribution is -0.149. The number of carbonyl (C=O) groups is 2. The summed E-state index contributed by atoms with van der Waals surface area (Å²) in [5, 5.41) is 0. The van der Waals surface area contributed by atoms with Crippen molar-refractivity contribution >= 4 is 17.8 Å². The highest BCUT2D eigenvalue weighted by molar-refractivity contribution is 6.39. The van der Waals surface area contributed by atoms with Crippen molar-refractivity contribution in [2.24, 2.45) is 0 Å². The van der Waals surface area contributed by atoms with Gasteiger partial charge in [-0.1, -0.05) is 18.2 Å². The van der Waals surface area contributed by atoms with Crippen molar-refractivity contribution in [3.8, 4) is 5.75 Å². The van der Waals surface area contributed by atoms with Crippen LogP contribution in [0.25, 0.3) is 6.08 Å². The third kappa shape index (κ3) is 3.24. The Hall–Kier alpha value is -2.10. The van der Waals surface area contributed by atoms with Gasteiger partial charge in [0.05, 0.1) is 14.2 Å². The topological polar surface area (TPSA) is 52.6 Å². The molecule has 0 aliphatic carbocycles. The van der Waals surface area contributed by atoms with E-state index in [1.807, 2.05) is 0 Å². The van der Waals surface area contributed by atoms with Gasteiger partial charge >= 0.3 is 5.97 Å². The Morgan fingerprint density at radius 1 is 1.12 bits per heavy atom. The Kier molecular flexibility index (Phi) is 4.27. The van der Waals surface area contributed by atoms with Crippen LogP contribution in [0, 0.1) is 0 Å². The van der Waals surface area contributed by atoms with Crippen LogP contribution in [0.15, 0.2) is 30.3 Å². The lowest BCUT2D eigenvalue weighted by atomic mass is 10.2. The minimum Gasteiger partial charge on any atom is -0.497 e. The standard InChI is InChI=1S/C12H12O4/c1-15-10-6-3-9(4-7-10)5-8-11(13)12(14)16-2/h3-8H,1-2H3/b8-5-. The average Bonchev–Trinajstić information content (AvgIpc) is 2.35. The van der Waals surface area contributed by atoms with Gasteiger partial charge in [0.15, 0.2) is 0 Å². The number of carbonyl (C=O) groups excluding carboxylic acids is 2. The molecule has 0 saturated carbocycles. The first-order valence-corrected chi connectivity index (χ1v) is 4.62. The molecule has 0 radical (unpaired) electrons. The monoisotopic (exact) mass is 220 g/mol. The van der Waals surface area contributed by atoms with Crippen LogP contribution in [0.4, 0.5) is 0 Å². The van der Waals surface area contributed by atoms with E-state index < -0.39 is 11.8 Å². The molecule has 1 rings (SSSR count). The molecule has 1 aromatic rings. The van der Waals surface area contributed by atoms with E-state index in [0.29, 0.717) is 0 Å². The maximum Gasteiger partial charge on any atom is 0.378 e. The lowest BCUT2D eigenvalue weighted by Gasteiger charge is -1.98. The highest BCUT2D eigenvalue weighted by Crippen LogP contribution is 2.12. The van der Waals surface area contributed by atoms with Gasteiger partial charge in [-0.3, -0.25) is 4.79 Å². The fourth-order valence-electron chi connectivity index (χ4n) is 1.06. The third-order valence-electron chi connectivity index (χ3n) is 1.93. The second-order valence-corrected chi connectivity index (χ2v) is 2.96. The van der Waals surface area contributed by atoms with Crippen molar-refractivity contribution < 1.29 is 19.1 Å². The van der Waals surface area contributed by atoms with Crippen LogP contribution in [0.1, 0.15) is 5.56 Å². The third-order valence-corrected chi connectivity index (χ3v) is 1.93. The van der Waals surface area contributed by atoms with Gasteiger partial charge in [-0.05, 0) is 23.8 Å². The Balaban J connectivity index is 2.69. The van der Waals surface area contributed by atoms with Crippen LogP contribution >= 0.6 is 0 Å². The van der Waals surface area contributed by atoms with Crippen LogP contribution in [0.2, 0.25) is 0 Å². The largest absolute Gasteiger partial charge is 0.497 e. The average molecular weight is 220 g/mol. The molecule has 0 aliphatic rings. The summed E-state index contributed by atoms with van der Waals surface area (Å²) in [7, 11) is 2.74. The molecular formula is C12H12O4. The maximum absolute atomic E-state index is 11.1. The van der Waals surface area contributed by atoms with Crippen LogP contribution in [0.5, 0.6) is 5.75 Å². The molecule has 0 aromatic heterocycles. The Labute approximate surface area is 93.5 Å². The highest BCUT2D eigenvalue weighted by Gasteiger charge is 2.08. The minimum atomic E-state index is -0.871. The molecule has 0 bridgehead atoms. The zero-order valence-electron chi connectivity index (χ0n) is 9.10. The quantitative estimate of drug-likeness (QED) is 0.438. The molecule has 0 heterocycles. The number of benzene rings is 1. The van der Waals surface area contributed by atoms with Crippen molar-refractivity contribution in [3.63, 3.8) is 0 Å². The van der Waals surface area contributed by atoms with Gasteiger partial charge in [0.25, 0.3) is 5.78 Å². The summed E-state index contributed by atoms with van der Waals surface area (Å²) in [6.45, 7) is 0. The summed E-state index contributed by atoms with van der Waals surface area (Å²) in [6, 6.07) is 7.09. The van der Waals surface area contributed by atoms with E-state index in [-0.39, 0.29) is 0 Å². The van der Waals surface area contributed by atoms with E-state index in [0.717, 1.165) is 11.3 Å². The normalized spacial score (nSPS) is 10.1. The first-order chi connectivity index (χ1) is 7.67. The number of rotatable bonds is 4. The van der Waals surface area contributed by atoms with Gasteiger partial charge in [-0.15, -0.1) is 0 Å². The first kappa shape index (κ1) is 12.0. The number of hydrogen-bond acceptors (Lipinski definition) is 4. The van der Waals surface area contributed by atoms with Crippen molar-refractivity contribution in [1.29, 1.82) is 0 Å². The van der Waals surface area contributed by atoms with Gasteiger partial charge in [0, 0.05) is 0 Å². The number of methoxy groups -OCH3 is 2. The summed E-state index contributed by atoms with van der Waals surface area (Å²) in [5.74, 6) is -0.820. The van der Waals surface area contributed by atoms with Gasteiger partial charge in [0.1, 0.15) is 5.75 Å². The molecule has 0 aliphatic heterocycles. The zero-order chi connectivity index (χ0) is 12.0. The lowest BCUT2D eigenvalue weighted by Crippen LogP contribution is -2.11. The highest BCUT2D eigenvalue weighted by atomic mass is 16.5. The molecule has 0 amide bonds. The van der Waals surface area contributed by atoms with E-state index in [9.17, 15) is 9.59 Å². The molecule has 4 nitrogen and oxygen atoms in total. The van der Waals surface area contributed by atoms with E-state index in [4.69, 9.17) is 4.74 Å². The van der Waals surface area contributed by atoms with Gasteiger partial charge in [0.2, 0.25) is 0 Å². The van der Waals surface area contributed by atoms with Crippen LogP contribution < -0.4 is 4.74 Å². The smallest absolute Gasteiger partial charge is 0.378 e. The fourth-order valence-corrected chi connectivity index (χ4v) is 1.06. The number of hydrogen-bond donors (Lipinski definition) is 0. The maximum atomic E-state index is 11.1. The number of ether oxygens (including phenoxy) is 2. The first-order valence-electron chi connectivity index (χ1n) is 4.62. The molecule has 0 unspecified atom stereocenters. The van der Waals surface area contributed by atoms with Crippen molar-refractivity contribution in [2.45, 2.75) is 0 Å². The number of esters is 1. The van der Waals surface area contributed by atoms with E-state index in [1.165, 1.54) is 13.2 Å². The zero-order valence-corrected chi connectivity index (χ0v) is 9.10. The molecule has 0 fully saturated rings. The molecule has 84 valence electrons. The molecular weight excluding hydrogens is 208 g/mol. The SMILES string of the molecule is COC(=O)C(=O)/C=C\c1ccc(OC)cc1. The summed E-state index contributed by atoms with van der Waals surface area (Å²) in [4.78, 5) is 21.9. The molecule has 0 atom stereocenters. The van der Waals surface area contributed by atoms with Gasteiger partial charge < -0.3 is 9.47 Å². The summed E-state index contributed by atoms with van der Waals surface area (Å²) < 4.78 is 9.26. The van der Waals surface area contributed by atoms with Crippen LogP contribution in [-0.4, -0.2) is 26.0 Å². The minimum absolute atomic E-state index is 0.682. The molecule has 16 heavy (non-hydrogen) atoms. The predicted octanol–water partition coefficient (Wildman–Crippen LogP) is 1.45. The molecule has 0 spiro atoms. The Morgan fingerprint density at radius 3 is 2.25 bits per heavy atom. The van der Waals surface area contributed by atoms with E-state index >= 15 is 0 Å². The molecule has 1 aromatic carbocycles. The number of ketones is 1. The van der Waals surface area contributed by atoms with Crippen LogP contribution in [0.3, 0.4) is 0 Å². The van der Waals surface area contributed by atoms with Gasteiger partial charge in [-0.25, -0.2) is 4.79 Å². The molecule has 4 heteroatoms. The Bertz CT molecular complexity index is 404. The van der Waals surface area contributed by atoms with Gasteiger partial charge in [-0.2, -0.15) is 0 Å². The van der Waals surface area contributed by atoms with Crippen molar-refractivity contribution in [1.82, 2.24) is 0 Å². The summed E-state index contributed by atoms with van der Waals surface area (Å²) in [5.41, 5.74) is 0.804.